The molecule has 0 bridgehead atoms. The summed E-state index contributed by atoms with van der Waals surface area (Å²) in [5.74, 6) is -0.160. The summed E-state index contributed by atoms with van der Waals surface area (Å²) in [7, 11) is 0. The smallest absolute Gasteiger partial charge is 0.251 e. The normalized spacial score (nSPS) is 15.1. The van der Waals surface area contributed by atoms with Gasteiger partial charge in [0.2, 0.25) is 0 Å². The molecule has 1 aliphatic rings. The van der Waals surface area contributed by atoms with Gasteiger partial charge in [-0.3, -0.25) is 4.79 Å². The quantitative estimate of drug-likeness (QED) is 0.824. The molecule has 0 aromatic heterocycles. The summed E-state index contributed by atoms with van der Waals surface area (Å²) in [6.45, 7) is 1.06. The van der Waals surface area contributed by atoms with E-state index in [2.05, 4.69) is 5.32 Å². The number of nitrogens with zero attached hydrogens (tertiary/aromatic N) is 1. The Morgan fingerprint density at radius 3 is 2.95 bits per heavy atom. The highest BCUT2D eigenvalue weighted by Crippen LogP contribution is 2.20. The zero-order valence-corrected chi connectivity index (χ0v) is 10.9. The second-order valence-electron chi connectivity index (χ2n) is 4.73. The van der Waals surface area contributed by atoms with Crippen LogP contribution < -0.4 is 5.32 Å². The molecule has 2 rings (SSSR count). The molecule has 0 heterocycles. The van der Waals surface area contributed by atoms with E-state index in [1.165, 1.54) is 12.8 Å². The number of nitriles is 1. The fourth-order valence-electron chi connectivity index (χ4n) is 2.28. The summed E-state index contributed by atoms with van der Waals surface area (Å²) in [5, 5.41) is 11.6. The van der Waals surface area contributed by atoms with E-state index in [0.717, 1.165) is 12.8 Å². The minimum absolute atomic E-state index is 0.160. The predicted octanol–water partition coefficient (Wildman–Crippen LogP) is 2.25. The molecule has 19 heavy (non-hydrogen) atoms. The van der Waals surface area contributed by atoms with Crippen LogP contribution in [0.15, 0.2) is 24.3 Å². The average Bonchev–Trinajstić information content (AvgIpc) is 2.96. The van der Waals surface area contributed by atoms with Gasteiger partial charge in [-0.25, -0.2) is 0 Å². The molecule has 100 valence electrons. The first-order valence-corrected chi connectivity index (χ1v) is 6.69. The number of amides is 1. The summed E-state index contributed by atoms with van der Waals surface area (Å²) in [4.78, 5) is 11.8. The third-order valence-electron chi connectivity index (χ3n) is 3.30. The molecule has 0 radical (unpaired) electrons. The summed E-state index contributed by atoms with van der Waals surface area (Å²) in [6.07, 6.45) is 5.14. The monoisotopic (exact) mass is 258 g/mol. The van der Waals surface area contributed by atoms with Crippen LogP contribution in [0.1, 0.15) is 41.6 Å². The molecule has 1 amide bonds. The Bertz CT molecular complexity index is 473. The number of hydrogen-bond donors (Lipinski definition) is 1. The lowest BCUT2D eigenvalue weighted by atomic mass is 10.1. The first-order chi connectivity index (χ1) is 9.29. The van der Waals surface area contributed by atoms with Crippen molar-refractivity contribution in [2.75, 3.05) is 13.2 Å². The number of hydrogen-bond acceptors (Lipinski definition) is 3. The number of rotatable bonds is 5. The predicted molar refractivity (Wildman–Crippen MR) is 71.7 cm³/mol. The van der Waals surface area contributed by atoms with Gasteiger partial charge in [-0.1, -0.05) is 18.9 Å². The van der Waals surface area contributed by atoms with E-state index in [4.69, 9.17) is 10.00 Å². The van der Waals surface area contributed by atoms with Crippen LogP contribution in [0.25, 0.3) is 0 Å². The van der Waals surface area contributed by atoms with Gasteiger partial charge in [0.1, 0.15) is 0 Å². The van der Waals surface area contributed by atoms with E-state index >= 15 is 0 Å². The van der Waals surface area contributed by atoms with Gasteiger partial charge in [0.05, 0.1) is 24.3 Å². The van der Waals surface area contributed by atoms with E-state index in [1.807, 2.05) is 6.07 Å². The Labute approximate surface area is 113 Å². The van der Waals surface area contributed by atoms with Crippen LogP contribution in [0.4, 0.5) is 0 Å². The fraction of sp³-hybridized carbons (Fsp3) is 0.467. The topological polar surface area (TPSA) is 62.1 Å². The van der Waals surface area contributed by atoms with Gasteiger partial charge in [0.15, 0.2) is 0 Å². The Kier molecular flexibility index (Phi) is 4.93. The summed E-state index contributed by atoms with van der Waals surface area (Å²) >= 11 is 0. The first kappa shape index (κ1) is 13.6. The van der Waals surface area contributed by atoms with Gasteiger partial charge in [0.25, 0.3) is 5.91 Å². The highest BCUT2D eigenvalue weighted by Gasteiger charge is 2.14. The van der Waals surface area contributed by atoms with Crippen molar-refractivity contribution < 1.29 is 9.53 Å². The molecule has 1 fully saturated rings. The third kappa shape index (κ3) is 4.08. The van der Waals surface area contributed by atoms with E-state index in [1.54, 1.807) is 24.3 Å². The van der Waals surface area contributed by atoms with Crippen LogP contribution in [0, 0.1) is 11.3 Å². The van der Waals surface area contributed by atoms with Crippen LogP contribution in [0.3, 0.4) is 0 Å². The van der Waals surface area contributed by atoms with Crippen LogP contribution in [-0.4, -0.2) is 25.2 Å². The number of nitrogens with one attached hydrogen (secondary N) is 1. The molecule has 0 atom stereocenters. The number of ether oxygens (including phenoxy) is 1. The van der Waals surface area contributed by atoms with Gasteiger partial charge in [-0.05, 0) is 31.0 Å². The van der Waals surface area contributed by atoms with Crippen molar-refractivity contribution in [1.29, 1.82) is 5.26 Å². The standard InChI is InChI=1S/C15H18N2O2/c16-11-12-4-3-5-13(10-12)15(18)17-8-9-19-14-6-1-2-7-14/h3-5,10,14H,1-2,6-9H2,(H,17,18). The van der Waals surface area contributed by atoms with Crippen LogP contribution >= 0.6 is 0 Å². The fourth-order valence-corrected chi connectivity index (χ4v) is 2.28. The van der Waals surface area contributed by atoms with Crippen molar-refractivity contribution in [3.63, 3.8) is 0 Å². The van der Waals surface area contributed by atoms with E-state index in [-0.39, 0.29) is 5.91 Å². The van der Waals surface area contributed by atoms with Gasteiger partial charge in [0, 0.05) is 12.1 Å². The molecule has 0 unspecified atom stereocenters. The second kappa shape index (κ2) is 6.91. The van der Waals surface area contributed by atoms with Crippen molar-refractivity contribution in [2.24, 2.45) is 0 Å². The molecule has 0 saturated heterocycles. The minimum Gasteiger partial charge on any atom is -0.376 e. The SMILES string of the molecule is N#Cc1cccc(C(=O)NCCOC2CCCC2)c1. The summed E-state index contributed by atoms with van der Waals surface area (Å²) < 4.78 is 5.67. The number of benzene rings is 1. The average molecular weight is 258 g/mol. The first-order valence-electron chi connectivity index (χ1n) is 6.69. The second-order valence-corrected chi connectivity index (χ2v) is 4.73. The molecular formula is C15H18N2O2. The Morgan fingerprint density at radius 1 is 1.42 bits per heavy atom. The van der Waals surface area contributed by atoms with E-state index < -0.39 is 0 Å². The van der Waals surface area contributed by atoms with Crippen molar-refractivity contribution in [2.45, 2.75) is 31.8 Å². The van der Waals surface area contributed by atoms with Gasteiger partial charge < -0.3 is 10.1 Å². The molecule has 1 N–H and O–H groups in total. The molecule has 0 aliphatic heterocycles. The van der Waals surface area contributed by atoms with Crippen molar-refractivity contribution in [3.8, 4) is 6.07 Å². The summed E-state index contributed by atoms with van der Waals surface area (Å²) in [5.41, 5.74) is 1.01. The Balaban J connectivity index is 1.73. The third-order valence-corrected chi connectivity index (χ3v) is 3.30. The highest BCUT2D eigenvalue weighted by molar-refractivity contribution is 5.94. The minimum atomic E-state index is -0.160. The van der Waals surface area contributed by atoms with Crippen LogP contribution in [-0.2, 0) is 4.74 Å². The van der Waals surface area contributed by atoms with Crippen molar-refractivity contribution in [1.82, 2.24) is 5.32 Å². The lowest BCUT2D eigenvalue weighted by Gasteiger charge is -2.11. The van der Waals surface area contributed by atoms with Crippen LogP contribution in [0.2, 0.25) is 0 Å². The van der Waals surface area contributed by atoms with Crippen LogP contribution in [0.5, 0.6) is 0 Å². The zero-order valence-electron chi connectivity index (χ0n) is 10.9. The van der Waals surface area contributed by atoms with Crippen molar-refractivity contribution >= 4 is 5.91 Å². The van der Waals surface area contributed by atoms with Gasteiger partial charge in [-0.15, -0.1) is 0 Å². The maximum absolute atomic E-state index is 11.8. The van der Waals surface area contributed by atoms with Crippen molar-refractivity contribution in [3.05, 3.63) is 35.4 Å². The largest absolute Gasteiger partial charge is 0.376 e. The lowest BCUT2D eigenvalue weighted by Crippen LogP contribution is -2.28. The van der Waals surface area contributed by atoms with Gasteiger partial charge >= 0.3 is 0 Å². The maximum atomic E-state index is 11.8. The Hall–Kier alpha value is -1.86. The highest BCUT2D eigenvalue weighted by atomic mass is 16.5. The molecule has 1 aromatic carbocycles. The summed E-state index contributed by atoms with van der Waals surface area (Å²) in [6, 6.07) is 8.71. The van der Waals surface area contributed by atoms with E-state index in [9.17, 15) is 4.79 Å². The Morgan fingerprint density at radius 2 is 2.21 bits per heavy atom. The zero-order chi connectivity index (χ0) is 13.5. The number of carbonyl (C=O) groups is 1. The lowest BCUT2D eigenvalue weighted by molar-refractivity contribution is 0.0582. The van der Waals surface area contributed by atoms with E-state index in [0.29, 0.717) is 30.4 Å². The molecule has 0 spiro atoms. The molecule has 1 aromatic rings. The molecule has 1 aliphatic carbocycles. The molecule has 4 nitrogen and oxygen atoms in total. The molecule has 1 saturated carbocycles. The molecule has 4 heteroatoms. The molecular weight excluding hydrogens is 240 g/mol. The maximum Gasteiger partial charge on any atom is 0.251 e. The van der Waals surface area contributed by atoms with Gasteiger partial charge in [-0.2, -0.15) is 5.26 Å². The number of carbonyl (C=O) groups excluding carboxylic acids is 1.